The smallest absolute Gasteiger partial charge is 0.147 e. The molecule has 0 aliphatic carbocycles. The number of hydrogen-bond acceptors (Lipinski definition) is 27. The number of sulfone groups is 2. The molecule has 0 saturated heterocycles. The van der Waals surface area contributed by atoms with E-state index >= 15 is 0 Å². The largest absolute Gasteiger partial charge is 0.493 e. The minimum Gasteiger partial charge on any atom is -0.493 e. The van der Waals surface area contributed by atoms with Crippen molar-refractivity contribution in [3.8, 4) is 46.0 Å². The number of aliphatic hydroxyl groups is 9. The maximum atomic E-state index is 11.3. The molecule has 8 aromatic rings. The highest BCUT2D eigenvalue weighted by Crippen LogP contribution is 2.31. The van der Waals surface area contributed by atoms with E-state index in [0.29, 0.717) is 99.0 Å². The molecule has 0 unspecified atom stereocenters. The van der Waals surface area contributed by atoms with Gasteiger partial charge in [-0.3, -0.25) is 0 Å². The third kappa shape index (κ3) is 41.1. The lowest BCUT2D eigenvalue weighted by molar-refractivity contribution is -0.117. The first-order valence-electron chi connectivity index (χ1n) is 39.7. The lowest BCUT2D eigenvalue weighted by Gasteiger charge is -2.33. The Bertz CT molecular complexity index is 3820. The molecular weight excluding hydrogens is 1580 g/mol. The van der Waals surface area contributed by atoms with Crippen molar-refractivity contribution in [1.82, 2.24) is 0 Å². The number of benzene rings is 8. The zero-order valence-electron chi connectivity index (χ0n) is 68.6. The van der Waals surface area contributed by atoms with E-state index < -0.39 is 35.9 Å². The molecule has 0 spiro atoms. The first-order valence-corrected chi connectivity index (χ1v) is 43.8. The van der Waals surface area contributed by atoms with Gasteiger partial charge in [0.2, 0.25) is 0 Å². The molecule has 0 bridgehead atoms. The summed E-state index contributed by atoms with van der Waals surface area (Å²) < 4.78 is 128. The molecule has 0 fully saturated rings. The van der Waals surface area contributed by atoms with Gasteiger partial charge in [0, 0.05) is 37.2 Å². The summed E-state index contributed by atoms with van der Waals surface area (Å²) in [6, 6.07) is 59.0. The first-order chi connectivity index (χ1) is 57.6. The van der Waals surface area contributed by atoms with E-state index in [1.54, 1.807) is 72.8 Å². The monoisotopic (exact) mass is 1700 g/mol. The zero-order chi connectivity index (χ0) is 85.7. The predicted molar refractivity (Wildman–Crippen MR) is 451 cm³/mol. The molecule has 27 nitrogen and oxygen atoms in total. The number of rotatable bonds is 60. The highest BCUT2D eigenvalue weighted by Gasteiger charge is 2.38. The Morgan fingerprint density at radius 2 is 0.437 bits per heavy atom. The summed E-state index contributed by atoms with van der Waals surface area (Å²) in [6.07, 6.45) is 5.86. The number of aryl methyl sites for hydroxylation is 1. The molecule has 8 rings (SSSR count). The van der Waals surface area contributed by atoms with Crippen LogP contribution in [-0.4, -0.2) is 232 Å². The number of hydrogen-bond donors (Lipinski definition) is 9. The van der Waals surface area contributed by atoms with Crippen LogP contribution in [0.15, 0.2) is 194 Å². The van der Waals surface area contributed by atoms with Crippen LogP contribution in [-0.2, 0) is 101 Å². The minimum atomic E-state index is -2.96. The molecule has 0 amide bonds. The van der Waals surface area contributed by atoms with Crippen molar-refractivity contribution >= 4 is 19.7 Å². The minimum absolute atomic E-state index is 0.0410. The fourth-order valence-electron chi connectivity index (χ4n) is 11.2. The Morgan fingerprint density at radius 1 is 0.235 bits per heavy atom. The van der Waals surface area contributed by atoms with E-state index in [9.17, 15) is 47.5 Å². The Balaban J connectivity index is 0.000000287. The van der Waals surface area contributed by atoms with E-state index in [4.69, 9.17) is 81.6 Å². The Morgan fingerprint density at radius 3 is 0.655 bits per heavy atom. The third-order valence-corrected chi connectivity index (χ3v) is 20.4. The van der Waals surface area contributed by atoms with E-state index in [0.717, 1.165) is 51.1 Å². The average molecular weight is 1700 g/mol. The molecule has 9 N–H and O–H groups in total. The molecule has 0 saturated carbocycles. The average Bonchev–Trinajstić information content (AvgIpc) is 1.05. The molecule has 0 aliphatic rings. The van der Waals surface area contributed by atoms with Crippen LogP contribution < -0.4 is 37.9 Å². The fraction of sp³-hybridized carbons (Fsp3) is 0.467. The van der Waals surface area contributed by atoms with Crippen molar-refractivity contribution in [3.63, 3.8) is 0 Å². The van der Waals surface area contributed by atoms with Crippen molar-refractivity contribution in [3.05, 3.63) is 239 Å². The lowest BCUT2D eigenvalue weighted by atomic mass is 9.92. The van der Waals surface area contributed by atoms with E-state index in [-0.39, 0.29) is 170 Å². The van der Waals surface area contributed by atoms with Crippen LogP contribution in [0, 0.1) is 16.2 Å². The lowest BCUT2D eigenvalue weighted by Crippen LogP contribution is -2.45. The van der Waals surface area contributed by atoms with Crippen molar-refractivity contribution in [1.29, 1.82) is 0 Å². The maximum absolute atomic E-state index is 11.3. The molecule has 0 atom stereocenters. The van der Waals surface area contributed by atoms with Gasteiger partial charge in [0.1, 0.15) is 129 Å². The van der Waals surface area contributed by atoms with Crippen LogP contribution in [0.3, 0.4) is 0 Å². The third-order valence-electron chi connectivity index (χ3n) is 18.3. The normalized spacial score (nSPS) is 11.7. The molecular formula is C90H122O27S2. The molecule has 0 aromatic heterocycles. The van der Waals surface area contributed by atoms with Crippen molar-refractivity contribution in [2.75, 3.05) is 169 Å². The molecule has 656 valence electrons. The topological polar surface area (TPSA) is 380 Å². The van der Waals surface area contributed by atoms with Crippen LogP contribution in [0.1, 0.15) is 77.1 Å². The first kappa shape index (κ1) is 99.3. The highest BCUT2D eigenvalue weighted by molar-refractivity contribution is 7.90. The number of unbranched alkanes of at least 4 members (excludes halogenated alkanes) is 2. The maximum Gasteiger partial charge on any atom is 0.147 e. The van der Waals surface area contributed by atoms with Gasteiger partial charge in [-0.2, -0.15) is 0 Å². The summed E-state index contributed by atoms with van der Waals surface area (Å²) in [6.45, 7) is 6.46. The summed E-state index contributed by atoms with van der Waals surface area (Å²) in [7, 11) is -5.90. The van der Waals surface area contributed by atoms with Gasteiger partial charge in [-0.15, -0.1) is 0 Å². The second-order valence-electron chi connectivity index (χ2n) is 29.0. The predicted octanol–water partition coefficient (Wildman–Crippen LogP) is 9.29. The summed E-state index contributed by atoms with van der Waals surface area (Å²) in [5, 5.41) is 83.4. The van der Waals surface area contributed by atoms with Crippen molar-refractivity contribution in [2.45, 2.75) is 85.3 Å². The highest BCUT2D eigenvalue weighted by atomic mass is 32.2. The van der Waals surface area contributed by atoms with Crippen LogP contribution in [0.2, 0.25) is 0 Å². The molecule has 0 heterocycles. The standard InChI is InChI=1S/C38H46O10S.C34H38O7.C18H38O10S/c1-49(42,43)21-3-2-20-44-25-33-10-18-37(19-11-33)48-29-38(26-45-34-12-4-30(22-39)5-13-34,27-46-35-14-6-31(23-40)7-15-35)28-47-36-16-8-32(24-41)9-17-36;1-2-26-3-11-30(12-4-26)38-22-34(23-39-31-13-5-27(19-35)6-14-31,24-40-32-15-7-28(20-36)8-16-32)25-41-33-17-9-29(21-37)10-18-33;1-29(22,23)13-3-2-7-24-11-12-28-17-18(14-25-8-4-19,15-26-9-5-20)16-27-10-6-21/h4-19,39-41H,2-3,20-29H2,1H3;3-18,35-37H,2,19-25H2,1H3;19-21H,2-17H2,1H3. The molecule has 119 heavy (non-hydrogen) atoms. The SMILES string of the molecule is CCc1ccc(OCC(COc2ccc(CO)cc2)(COc2ccc(CO)cc2)COc2ccc(CO)cc2)cc1.CS(=O)(=O)CCCCOCCOCC(COCCO)(COCCO)COCCO.CS(=O)(=O)CCCCOCc1ccc(OCC(COc2ccc(CO)cc2)(COc2ccc(CO)cc2)COc2ccc(CO)cc2)cc1. The van der Waals surface area contributed by atoms with Crippen LogP contribution in [0.5, 0.6) is 46.0 Å². The Hall–Kier alpha value is -8.54. The summed E-state index contributed by atoms with van der Waals surface area (Å²) in [5.41, 5.74) is 4.66. The van der Waals surface area contributed by atoms with E-state index in [1.165, 1.54) is 18.1 Å². The van der Waals surface area contributed by atoms with Crippen molar-refractivity contribution < 1.29 is 129 Å². The summed E-state index contributed by atoms with van der Waals surface area (Å²) in [5.74, 6) is 5.48. The van der Waals surface area contributed by atoms with Crippen LogP contribution in [0.4, 0.5) is 0 Å². The molecule has 8 aromatic carbocycles. The number of aliphatic hydroxyl groups excluding tert-OH is 9. The van der Waals surface area contributed by atoms with Gasteiger partial charge < -0.3 is 112 Å². The van der Waals surface area contributed by atoms with Crippen LogP contribution >= 0.6 is 0 Å². The molecule has 29 heteroatoms. The van der Waals surface area contributed by atoms with Crippen LogP contribution in [0.25, 0.3) is 0 Å². The van der Waals surface area contributed by atoms with Gasteiger partial charge in [0.25, 0.3) is 0 Å². The van der Waals surface area contributed by atoms with Gasteiger partial charge in [-0.25, -0.2) is 16.8 Å². The molecule has 0 radical (unpaired) electrons. The van der Waals surface area contributed by atoms with Gasteiger partial charge >= 0.3 is 0 Å². The van der Waals surface area contributed by atoms with Gasteiger partial charge in [-0.05, 0) is 174 Å². The number of ether oxygens (including phenoxy) is 14. The Labute approximate surface area is 700 Å². The summed E-state index contributed by atoms with van der Waals surface area (Å²) in [4.78, 5) is 0. The zero-order valence-corrected chi connectivity index (χ0v) is 70.3. The van der Waals surface area contributed by atoms with Gasteiger partial charge in [0.05, 0.1) is 131 Å². The Kier molecular flexibility index (Phi) is 46.8. The second kappa shape index (κ2) is 56.1. The summed E-state index contributed by atoms with van der Waals surface area (Å²) >= 11 is 0. The van der Waals surface area contributed by atoms with E-state index in [1.807, 2.05) is 109 Å². The quantitative estimate of drug-likeness (QED) is 0.0160. The van der Waals surface area contributed by atoms with Crippen molar-refractivity contribution in [2.24, 2.45) is 16.2 Å². The molecule has 0 aliphatic heterocycles. The van der Waals surface area contributed by atoms with Gasteiger partial charge in [-0.1, -0.05) is 104 Å². The fourth-order valence-corrected chi connectivity index (χ4v) is 12.6. The van der Waals surface area contributed by atoms with Gasteiger partial charge in [0.15, 0.2) is 0 Å². The van der Waals surface area contributed by atoms with E-state index in [2.05, 4.69) is 19.1 Å². The second-order valence-corrected chi connectivity index (χ2v) is 33.5.